The van der Waals surface area contributed by atoms with Crippen molar-refractivity contribution in [1.29, 1.82) is 0 Å². The minimum Gasteiger partial charge on any atom is -0.456 e. The number of carbonyl (C=O) groups is 1. The smallest absolute Gasteiger partial charge is 0.417 e. The summed E-state index contributed by atoms with van der Waals surface area (Å²) >= 11 is 0. The van der Waals surface area contributed by atoms with Crippen LogP contribution < -0.4 is 10.2 Å². The van der Waals surface area contributed by atoms with Crippen molar-refractivity contribution in [3.05, 3.63) is 47.5 Å². The van der Waals surface area contributed by atoms with Crippen molar-refractivity contribution < 1.29 is 22.4 Å². The van der Waals surface area contributed by atoms with Gasteiger partial charge in [0.15, 0.2) is 5.76 Å². The summed E-state index contributed by atoms with van der Waals surface area (Å²) in [5.41, 5.74) is -0.757. The Bertz CT molecular complexity index is 732. The second kappa shape index (κ2) is 6.78. The zero-order valence-corrected chi connectivity index (χ0v) is 13.6. The lowest BCUT2D eigenvalue weighted by Crippen LogP contribution is -2.44. The quantitative estimate of drug-likeness (QED) is 0.919. The molecule has 2 aromatic rings. The Hall–Kier alpha value is -2.51. The summed E-state index contributed by atoms with van der Waals surface area (Å²) in [4.78, 5) is 17.9. The van der Waals surface area contributed by atoms with Crippen molar-refractivity contribution in [2.45, 2.75) is 32.0 Å². The van der Waals surface area contributed by atoms with E-state index < -0.39 is 11.7 Å². The van der Waals surface area contributed by atoms with E-state index in [1.165, 1.54) is 6.07 Å². The molecular formula is C17H18F3N3O2. The molecule has 3 rings (SSSR count). The molecule has 0 spiro atoms. The standard InChI is InChI=1S/C17H18F3N3O2/c1-11-2-4-14(25-11)16(24)22-13-6-8-23(9-7-13)15-5-3-12(10-21-15)17(18,19)20/h2-5,10,13H,6-9H2,1H3,(H,22,24). The molecule has 0 aliphatic carbocycles. The number of rotatable bonds is 3. The highest BCUT2D eigenvalue weighted by molar-refractivity contribution is 5.91. The second-order valence-corrected chi connectivity index (χ2v) is 6.05. The number of amides is 1. The molecule has 3 heterocycles. The van der Waals surface area contributed by atoms with Crippen LogP contribution in [-0.2, 0) is 6.18 Å². The predicted molar refractivity (Wildman–Crippen MR) is 85.4 cm³/mol. The van der Waals surface area contributed by atoms with E-state index in [1.807, 2.05) is 4.90 Å². The van der Waals surface area contributed by atoms with Crippen LogP contribution in [0, 0.1) is 6.92 Å². The van der Waals surface area contributed by atoms with Crippen molar-refractivity contribution >= 4 is 11.7 Å². The number of pyridine rings is 1. The molecule has 1 amide bonds. The SMILES string of the molecule is Cc1ccc(C(=O)NC2CCN(c3ccc(C(F)(F)F)cn3)CC2)o1. The highest BCUT2D eigenvalue weighted by Crippen LogP contribution is 2.29. The topological polar surface area (TPSA) is 58.4 Å². The summed E-state index contributed by atoms with van der Waals surface area (Å²) in [6.07, 6.45) is -2.16. The minimum atomic E-state index is -4.38. The number of piperidine rings is 1. The average Bonchev–Trinajstić information content (AvgIpc) is 3.02. The molecule has 134 valence electrons. The van der Waals surface area contributed by atoms with E-state index in [2.05, 4.69) is 10.3 Å². The van der Waals surface area contributed by atoms with Crippen LogP contribution in [0.2, 0.25) is 0 Å². The van der Waals surface area contributed by atoms with Gasteiger partial charge >= 0.3 is 6.18 Å². The third kappa shape index (κ3) is 4.12. The van der Waals surface area contributed by atoms with E-state index in [4.69, 9.17) is 4.42 Å². The van der Waals surface area contributed by atoms with Crippen molar-refractivity contribution in [1.82, 2.24) is 10.3 Å². The Morgan fingerprint density at radius 1 is 1.24 bits per heavy atom. The fourth-order valence-corrected chi connectivity index (χ4v) is 2.81. The molecule has 5 nitrogen and oxygen atoms in total. The van der Waals surface area contributed by atoms with Crippen LogP contribution in [-0.4, -0.2) is 30.0 Å². The molecule has 0 saturated carbocycles. The molecular weight excluding hydrogens is 335 g/mol. The Balaban J connectivity index is 1.54. The van der Waals surface area contributed by atoms with Crippen LogP contribution in [0.5, 0.6) is 0 Å². The van der Waals surface area contributed by atoms with Gasteiger partial charge in [-0.3, -0.25) is 4.79 Å². The first kappa shape index (κ1) is 17.3. The van der Waals surface area contributed by atoms with E-state index in [9.17, 15) is 18.0 Å². The van der Waals surface area contributed by atoms with Gasteiger partial charge in [0, 0.05) is 25.3 Å². The third-order valence-corrected chi connectivity index (χ3v) is 4.19. The van der Waals surface area contributed by atoms with E-state index >= 15 is 0 Å². The number of nitrogens with zero attached hydrogens (tertiary/aromatic N) is 2. The maximum absolute atomic E-state index is 12.6. The molecule has 0 aromatic carbocycles. The first-order chi connectivity index (χ1) is 11.8. The zero-order chi connectivity index (χ0) is 18.0. The van der Waals surface area contributed by atoms with Gasteiger partial charge in [-0.25, -0.2) is 4.98 Å². The highest BCUT2D eigenvalue weighted by atomic mass is 19.4. The normalized spacial score (nSPS) is 16.1. The first-order valence-electron chi connectivity index (χ1n) is 7.98. The van der Waals surface area contributed by atoms with E-state index in [0.717, 1.165) is 12.3 Å². The molecule has 1 aliphatic heterocycles. The molecule has 0 radical (unpaired) electrons. The fraction of sp³-hybridized carbons (Fsp3) is 0.412. The first-order valence-corrected chi connectivity index (χ1v) is 7.98. The summed E-state index contributed by atoms with van der Waals surface area (Å²) in [7, 11) is 0. The van der Waals surface area contributed by atoms with Gasteiger partial charge < -0.3 is 14.6 Å². The number of alkyl halides is 3. The van der Waals surface area contributed by atoms with Gasteiger partial charge in [-0.2, -0.15) is 13.2 Å². The van der Waals surface area contributed by atoms with Crippen molar-refractivity contribution in [2.24, 2.45) is 0 Å². The number of anilines is 1. The monoisotopic (exact) mass is 353 g/mol. The second-order valence-electron chi connectivity index (χ2n) is 6.05. The summed E-state index contributed by atoms with van der Waals surface area (Å²) in [6.45, 7) is 2.99. The van der Waals surface area contributed by atoms with Crippen LogP contribution in [0.15, 0.2) is 34.9 Å². The predicted octanol–water partition coefficient (Wildman–Crippen LogP) is 3.40. The molecule has 1 saturated heterocycles. The maximum Gasteiger partial charge on any atom is 0.417 e. The Morgan fingerprint density at radius 2 is 1.96 bits per heavy atom. The molecule has 1 fully saturated rings. The zero-order valence-electron chi connectivity index (χ0n) is 13.6. The van der Waals surface area contributed by atoms with Crippen molar-refractivity contribution in [3.8, 4) is 0 Å². The number of aryl methyl sites for hydroxylation is 1. The summed E-state index contributed by atoms with van der Waals surface area (Å²) in [5.74, 6) is 1.22. The number of hydrogen-bond donors (Lipinski definition) is 1. The van der Waals surface area contributed by atoms with E-state index in [-0.39, 0.29) is 17.7 Å². The largest absolute Gasteiger partial charge is 0.456 e. The van der Waals surface area contributed by atoms with Crippen LogP contribution in [0.4, 0.5) is 19.0 Å². The van der Waals surface area contributed by atoms with Gasteiger partial charge in [0.2, 0.25) is 0 Å². The number of hydrogen-bond acceptors (Lipinski definition) is 4. The summed E-state index contributed by atoms with van der Waals surface area (Å²) in [6, 6.07) is 5.78. The number of aromatic nitrogens is 1. The minimum absolute atomic E-state index is 0.00334. The van der Waals surface area contributed by atoms with Gasteiger partial charge in [-0.1, -0.05) is 0 Å². The van der Waals surface area contributed by atoms with E-state index in [0.29, 0.717) is 37.5 Å². The molecule has 1 N–H and O–H groups in total. The Kier molecular flexibility index (Phi) is 4.69. The molecule has 2 aromatic heterocycles. The molecule has 0 bridgehead atoms. The fourth-order valence-electron chi connectivity index (χ4n) is 2.81. The maximum atomic E-state index is 12.6. The summed E-state index contributed by atoms with van der Waals surface area (Å²) < 4.78 is 43.0. The average molecular weight is 353 g/mol. The Morgan fingerprint density at radius 3 is 2.48 bits per heavy atom. The van der Waals surface area contributed by atoms with Crippen LogP contribution in [0.3, 0.4) is 0 Å². The molecule has 8 heteroatoms. The van der Waals surface area contributed by atoms with Crippen LogP contribution >= 0.6 is 0 Å². The molecule has 1 aliphatic rings. The van der Waals surface area contributed by atoms with Gasteiger partial charge in [0.25, 0.3) is 5.91 Å². The van der Waals surface area contributed by atoms with Crippen LogP contribution in [0.1, 0.15) is 34.7 Å². The van der Waals surface area contributed by atoms with Gasteiger partial charge in [-0.05, 0) is 44.0 Å². The van der Waals surface area contributed by atoms with Crippen LogP contribution in [0.25, 0.3) is 0 Å². The molecule has 25 heavy (non-hydrogen) atoms. The number of nitrogens with one attached hydrogen (secondary N) is 1. The lowest BCUT2D eigenvalue weighted by molar-refractivity contribution is -0.137. The molecule has 0 atom stereocenters. The van der Waals surface area contributed by atoms with Crippen molar-refractivity contribution in [3.63, 3.8) is 0 Å². The van der Waals surface area contributed by atoms with E-state index in [1.54, 1.807) is 19.1 Å². The van der Waals surface area contributed by atoms with Crippen molar-refractivity contribution in [2.75, 3.05) is 18.0 Å². The lowest BCUT2D eigenvalue weighted by Gasteiger charge is -2.33. The lowest BCUT2D eigenvalue weighted by atomic mass is 10.0. The number of furan rings is 1. The summed E-state index contributed by atoms with van der Waals surface area (Å²) in [5, 5.41) is 2.92. The van der Waals surface area contributed by atoms with Gasteiger partial charge in [0.1, 0.15) is 11.6 Å². The highest BCUT2D eigenvalue weighted by Gasteiger charge is 2.31. The molecule has 0 unspecified atom stereocenters. The third-order valence-electron chi connectivity index (χ3n) is 4.19. The van der Waals surface area contributed by atoms with Gasteiger partial charge in [0.05, 0.1) is 5.56 Å². The van der Waals surface area contributed by atoms with Gasteiger partial charge in [-0.15, -0.1) is 0 Å². The number of carbonyl (C=O) groups excluding carboxylic acids is 1. The Labute approximate surface area is 142 Å². The number of halogens is 3.